The maximum absolute atomic E-state index is 12.7. The Morgan fingerprint density at radius 1 is 1.00 bits per heavy atom. The lowest BCUT2D eigenvalue weighted by Crippen LogP contribution is -2.20. The molecule has 7 heteroatoms. The maximum Gasteiger partial charge on any atom is 0.246 e. The van der Waals surface area contributed by atoms with Crippen LogP contribution in [0.25, 0.3) is 0 Å². The number of hydrogen-bond donors (Lipinski definition) is 1. The molecule has 2 aromatic heterocycles. The van der Waals surface area contributed by atoms with Crippen molar-refractivity contribution < 1.29 is 4.79 Å². The van der Waals surface area contributed by atoms with E-state index in [1.54, 1.807) is 4.68 Å². The topological polar surface area (TPSA) is 56.8 Å². The molecule has 0 unspecified atom stereocenters. The van der Waals surface area contributed by atoms with Gasteiger partial charge in [-0.2, -0.15) is 5.10 Å². The molecular formula is C23H23N5OS. The molecule has 2 heterocycles. The van der Waals surface area contributed by atoms with Gasteiger partial charge in [0.1, 0.15) is 6.54 Å². The number of rotatable bonds is 7. The standard InChI is InChI=1S/C23H23N5OS/c1-2-19-12-6-7-13-20(19)24-22(29)17-27-23(30)28(26-14-8-9-15-26)21(25-27)16-18-10-4-3-5-11-18/h3-15H,2,16-17H2,1H3,(H,24,29). The lowest BCUT2D eigenvalue weighted by atomic mass is 10.1. The second-order valence-corrected chi connectivity index (χ2v) is 7.32. The van der Waals surface area contributed by atoms with E-state index in [2.05, 4.69) is 29.5 Å². The van der Waals surface area contributed by atoms with Crippen molar-refractivity contribution in [1.29, 1.82) is 0 Å². The van der Waals surface area contributed by atoms with Crippen LogP contribution in [0.2, 0.25) is 0 Å². The van der Waals surface area contributed by atoms with Gasteiger partial charge in [0.05, 0.1) is 0 Å². The van der Waals surface area contributed by atoms with Gasteiger partial charge in [-0.15, -0.1) is 0 Å². The summed E-state index contributed by atoms with van der Waals surface area (Å²) in [5, 5.41) is 7.67. The van der Waals surface area contributed by atoms with E-state index in [1.807, 2.05) is 76.3 Å². The van der Waals surface area contributed by atoms with E-state index in [9.17, 15) is 4.79 Å². The van der Waals surface area contributed by atoms with E-state index < -0.39 is 0 Å². The van der Waals surface area contributed by atoms with Gasteiger partial charge in [0.15, 0.2) is 5.82 Å². The number of aryl methyl sites for hydroxylation is 1. The Kier molecular flexibility index (Phi) is 5.90. The molecule has 0 radical (unpaired) electrons. The maximum atomic E-state index is 12.7. The van der Waals surface area contributed by atoms with Crippen LogP contribution < -0.4 is 5.32 Å². The molecule has 4 rings (SSSR count). The number of anilines is 1. The first-order chi connectivity index (χ1) is 14.7. The number of nitrogens with zero attached hydrogens (tertiary/aromatic N) is 4. The van der Waals surface area contributed by atoms with Gasteiger partial charge >= 0.3 is 0 Å². The number of nitrogens with one attached hydrogen (secondary N) is 1. The first-order valence-electron chi connectivity index (χ1n) is 9.89. The lowest BCUT2D eigenvalue weighted by molar-refractivity contribution is -0.116. The second-order valence-electron chi connectivity index (χ2n) is 6.95. The smallest absolute Gasteiger partial charge is 0.246 e. The van der Waals surface area contributed by atoms with Crippen molar-refractivity contribution in [1.82, 2.24) is 19.1 Å². The van der Waals surface area contributed by atoms with Crippen LogP contribution in [0.5, 0.6) is 0 Å². The molecule has 0 saturated carbocycles. The number of para-hydroxylation sites is 1. The lowest BCUT2D eigenvalue weighted by Gasteiger charge is -2.09. The molecule has 0 atom stereocenters. The average molecular weight is 418 g/mol. The van der Waals surface area contributed by atoms with Crippen molar-refractivity contribution in [3.05, 3.63) is 101 Å². The van der Waals surface area contributed by atoms with Gasteiger partial charge in [0, 0.05) is 24.5 Å². The summed E-state index contributed by atoms with van der Waals surface area (Å²) in [6.07, 6.45) is 5.27. The molecule has 2 aromatic carbocycles. The minimum Gasteiger partial charge on any atom is -0.324 e. The number of carbonyl (C=O) groups excluding carboxylic acids is 1. The summed E-state index contributed by atoms with van der Waals surface area (Å²) in [5.74, 6) is 0.611. The Bertz CT molecular complexity index is 1190. The Hall–Kier alpha value is -3.45. The van der Waals surface area contributed by atoms with E-state index in [4.69, 9.17) is 12.2 Å². The predicted octanol–water partition coefficient (Wildman–Crippen LogP) is 4.32. The molecule has 30 heavy (non-hydrogen) atoms. The van der Waals surface area contributed by atoms with Gasteiger partial charge in [-0.25, -0.2) is 9.36 Å². The predicted molar refractivity (Wildman–Crippen MR) is 120 cm³/mol. The summed E-state index contributed by atoms with van der Waals surface area (Å²) in [7, 11) is 0. The zero-order valence-corrected chi connectivity index (χ0v) is 17.5. The molecule has 0 aliphatic heterocycles. The number of carbonyl (C=O) groups is 1. The van der Waals surface area contributed by atoms with Crippen LogP contribution in [0.4, 0.5) is 5.69 Å². The summed E-state index contributed by atoms with van der Waals surface area (Å²) in [5.41, 5.74) is 3.04. The molecule has 0 bridgehead atoms. The molecular weight excluding hydrogens is 394 g/mol. The van der Waals surface area contributed by atoms with Crippen LogP contribution >= 0.6 is 12.2 Å². The fourth-order valence-corrected chi connectivity index (χ4v) is 3.71. The largest absolute Gasteiger partial charge is 0.324 e. The zero-order chi connectivity index (χ0) is 20.9. The van der Waals surface area contributed by atoms with Crippen molar-refractivity contribution in [3.63, 3.8) is 0 Å². The highest BCUT2D eigenvalue weighted by molar-refractivity contribution is 7.71. The third-order valence-electron chi connectivity index (χ3n) is 4.87. The summed E-state index contributed by atoms with van der Waals surface area (Å²) in [6, 6.07) is 21.8. The van der Waals surface area contributed by atoms with Gasteiger partial charge < -0.3 is 5.32 Å². The van der Waals surface area contributed by atoms with Crippen LogP contribution in [-0.2, 0) is 24.2 Å². The summed E-state index contributed by atoms with van der Waals surface area (Å²) in [6.45, 7) is 2.11. The molecule has 152 valence electrons. The first-order valence-corrected chi connectivity index (χ1v) is 10.3. The minimum absolute atomic E-state index is 0.0486. The van der Waals surface area contributed by atoms with Crippen LogP contribution in [0, 0.1) is 4.77 Å². The molecule has 0 aliphatic rings. The summed E-state index contributed by atoms with van der Waals surface area (Å²) >= 11 is 5.67. The van der Waals surface area contributed by atoms with Gasteiger partial charge in [0.25, 0.3) is 0 Å². The van der Waals surface area contributed by atoms with Crippen LogP contribution in [-0.4, -0.2) is 25.0 Å². The fourth-order valence-electron chi connectivity index (χ4n) is 3.40. The van der Waals surface area contributed by atoms with E-state index in [0.29, 0.717) is 11.2 Å². The molecule has 0 saturated heterocycles. The van der Waals surface area contributed by atoms with Crippen LogP contribution in [0.3, 0.4) is 0 Å². The highest BCUT2D eigenvalue weighted by Crippen LogP contribution is 2.16. The molecule has 1 N–H and O–H groups in total. The highest BCUT2D eigenvalue weighted by atomic mass is 32.1. The summed E-state index contributed by atoms with van der Waals surface area (Å²) in [4.78, 5) is 12.7. The SMILES string of the molecule is CCc1ccccc1NC(=O)Cn1nc(Cc2ccccc2)n(-n2cccc2)c1=S. The van der Waals surface area contributed by atoms with E-state index >= 15 is 0 Å². The van der Waals surface area contributed by atoms with E-state index in [1.165, 1.54) is 0 Å². The van der Waals surface area contributed by atoms with Crippen molar-refractivity contribution in [2.24, 2.45) is 0 Å². The van der Waals surface area contributed by atoms with Crippen molar-refractivity contribution >= 4 is 23.8 Å². The Labute approximate surface area is 180 Å². The van der Waals surface area contributed by atoms with Crippen LogP contribution in [0.15, 0.2) is 79.1 Å². The first kappa shape index (κ1) is 19.8. The molecule has 0 fully saturated rings. The van der Waals surface area contributed by atoms with E-state index in [-0.39, 0.29) is 12.5 Å². The monoisotopic (exact) mass is 417 g/mol. The minimum atomic E-state index is -0.157. The molecule has 1 amide bonds. The molecule has 0 aliphatic carbocycles. The fraction of sp³-hybridized carbons (Fsp3) is 0.174. The number of amides is 1. The summed E-state index contributed by atoms with van der Waals surface area (Å²) < 4.78 is 5.79. The molecule has 4 aromatic rings. The van der Waals surface area contributed by atoms with Crippen molar-refractivity contribution in [3.8, 4) is 0 Å². The van der Waals surface area contributed by atoms with E-state index in [0.717, 1.165) is 29.1 Å². The van der Waals surface area contributed by atoms with Crippen LogP contribution in [0.1, 0.15) is 23.9 Å². The van der Waals surface area contributed by atoms with Crippen molar-refractivity contribution in [2.75, 3.05) is 5.32 Å². The number of hydrogen-bond acceptors (Lipinski definition) is 3. The quantitative estimate of drug-likeness (QED) is 0.456. The van der Waals surface area contributed by atoms with Gasteiger partial charge in [-0.3, -0.25) is 9.47 Å². The van der Waals surface area contributed by atoms with Gasteiger partial charge in [0.2, 0.25) is 10.7 Å². The second kappa shape index (κ2) is 8.92. The average Bonchev–Trinajstić information content (AvgIpc) is 3.37. The third kappa shape index (κ3) is 4.26. The number of benzene rings is 2. The van der Waals surface area contributed by atoms with Gasteiger partial charge in [-0.05, 0) is 48.0 Å². The zero-order valence-electron chi connectivity index (χ0n) is 16.7. The third-order valence-corrected chi connectivity index (χ3v) is 5.26. The Morgan fingerprint density at radius 2 is 1.70 bits per heavy atom. The Morgan fingerprint density at radius 3 is 2.43 bits per heavy atom. The normalized spacial score (nSPS) is 10.8. The highest BCUT2D eigenvalue weighted by Gasteiger charge is 2.15. The van der Waals surface area contributed by atoms with Crippen molar-refractivity contribution in [2.45, 2.75) is 26.3 Å². The number of aromatic nitrogens is 4. The Balaban J connectivity index is 1.63. The molecule has 0 spiro atoms. The van der Waals surface area contributed by atoms with Gasteiger partial charge in [-0.1, -0.05) is 55.5 Å². The molecule has 6 nitrogen and oxygen atoms in total.